The van der Waals surface area contributed by atoms with Crippen molar-refractivity contribution in [1.82, 2.24) is 5.32 Å². The van der Waals surface area contributed by atoms with E-state index in [1.807, 2.05) is 36.4 Å². The van der Waals surface area contributed by atoms with Gasteiger partial charge in [0.25, 0.3) is 0 Å². The molecule has 1 saturated carbocycles. The molecule has 0 spiro atoms. The van der Waals surface area contributed by atoms with Crippen molar-refractivity contribution in [3.05, 3.63) is 71.8 Å². The van der Waals surface area contributed by atoms with Crippen LogP contribution in [-0.4, -0.2) is 24.2 Å². The second-order valence-electron chi connectivity index (χ2n) is 6.51. The van der Waals surface area contributed by atoms with Gasteiger partial charge in [0.2, 0.25) is 5.91 Å². The second kappa shape index (κ2) is 6.97. The molecule has 0 aromatic heterocycles. The van der Waals surface area contributed by atoms with Crippen LogP contribution in [0.2, 0.25) is 0 Å². The van der Waals surface area contributed by atoms with Gasteiger partial charge in [-0.1, -0.05) is 60.7 Å². The molecule has 0 bridgehead atoms. The van der Waals surface area contributed by atoms with E-state index in [2.05, 4.69) is 29.6 Å². The number of rotatable bonds is 7. The molecular weight excluding hydrogens is 286 g/mol. The number of aliphatic hydroxyl groups is 1. The zero-order valence-corrected chi connectivity index (χ0v) is 13.2. The molecular formula is C20H23NO2. The lowest BCUT2D eigenvalue weighted by Crippen LogP contribution is -2.32. The van der Waals surface area contributed by atoms with Crippen molar-refractivity contribution >= 4 is 5.91 Å². The molecule has 0 heterocycles. The van der Waals surface area contributed by atoms with Crippen molar-refractivity contribution in [2.45, 2.75) is 25.2 Å². The maximum absolute atomic E-state index is 12.4. The average Bonchev–Trinajstić information content (AvgIpc) is 3.40. The normalized spacial score (nSPS) is 15.4. The summed E-state index contributed by atoms with van der Waals surface area (Å²) < 4.78 is 0. The van der Waals surface area contributed by atoms with Gasteiger partial charge in [-0.15, -0.1) is 0 Å². The Balaban J connectivity index is 1.70. The zero-order chi connectivity index (χ0) is 16.1. The van der Waals surface area contributed by atoms with Crippen molar-refractivity contribution in [2.24, 2.45) is 5.41 Å². The van der Waals surface area contributed by atoms with E-state index in [0.29, 0.717) is 13.0 Å². The monoisotopic (exact) mass is 309 g/mol. The molecule has 120 valence electrons. The van der Waals surface area contributed by atoms with E-state index in [0.717, 1.165) is 24.0 Å². The van der Waals surface area contributed by atoms with Gasteiger partial charge in [-0.05, 0) is 24.0 Å². The van der Waals surface area contributed by atoms with Crippen LogP contribution in [-0.2, 0) is 4.79 Å². The van der Waals surface area contributed by atoms with Gasteiger partial charge in [0.1, 0.15) is 0 Å². The first-order valence-electron chi connectivity index (χ1n) is 8.20. The molecule has 3 nitrogen and oxygen atoms in total. The van der Waals surface area contributed by atoms with E-state index in [4.69, 9.17) is 0 Å². The van der Waals surface area contributed by atoms with E-state index in [-0.39, 0.29) is 23.8 Å². The Morgan fingerprint density at radius 1 is 1.00 bits per heavy atom. The molecule has 1 aliphatic rings. The van der Waals surface area contributed by atoms with Crippen molar-refractivity contribution in [1.29, 1.82) is 0 Å². The Morgan fingerprint density at radius 2 is 1.52 bits per heavy atom. The van der Waals surface area contributed by atoms with E-state index >= 15 is 0 Å². The minimum atomic E-state index is -0.0509. The Bertz CT molecular complexity index is 596. The average molecular weight is 309 g/mol. The summed E-state index contributed by atoms with van der Waals surface area (Å²) in [6.07, 6.45) is 2.44. The van der Waals surface area contributed by atoms with Gasteiger partial charge in [0.15, 0.2) is 0 Å². The van der Waals surface area contributed by atoms with Crippen molar-refractivity contribution in [3.8, 4) is 0 Å². The Labute approximate surface area is 137 Å². The highest BCUT2D eigenvalue weighted by atomic mass is 16.3. The summed E-state index contributed by atoms with van der Waals surface area (Å²) in [5.74, 6) is 0.101. The lowest BCUT2D eigenvalue weighted by Gasteiger charge is -2.19. The molecule has 0 radical (unpaired) electrons. The quantitative estimate of drug-likeness (QED) is 0.825. The first kappa shape index (κ1) is 15.8. The van der Waals surface area contributed by atoms with Crippen LogP contribution in [0.15, 0.2) is 60.7 Å². The van der Waals surface area contributed by atoms with Crippen LogP contribution in [0.3, 0.4) is 0 Å². The van der Waals surface area contributed by atoms with Gasteiger partial charge >= 0.3 is 0 Å². The molecule has 3 heteroatoms. The van der Waals surface area contributed by atoms with Gasteiger partial charge in [0.05, 0.1) is 6.61 Å². The predicted molar refractivity (Wildman–Crippen MR) is 91.1 cm³/mol. The van der Waals surface area contributed by atoms with Crippen molar-refractivity contribution < 1.29 is 9.90 Å². The van der Waals surface area contributed by atoms with Crippen LogP contribution in [0.4, 0.5) is 0 Å². The smallest absolute Gasteiger partial charge is 0.220 e. The standard InChI is InChI=1S/C20H23NO2/c22-15-20(11-12-20)14-21-19(23)13-18(16-7-3-1-4-8-16)17-9-5-2-6-10-17/h1-10,18,22H,11-15H2,(H,21,23). The fourth-order valence-corrected chi connectivity index (χ4v) is 2.91. The van der Waals surface area contributed by atoms with E-state index in [1.165, 1.54) is 0 Å². The van der Waals surface area contributed by atoms with Crippen LogP contribution >= 0.6 is 0 Å². The summed E-state index contributed by atoms with van der Waals surface area (Å²) >= 11 is 0. The molecule has 3 rings (SSSR count). The van der Waals surface area contributed by atoms with Gasteiger partial charge in [0, 0.05) is 24.3 Å². The Morgan fingerprint density at radius 3 is 1.96 bits per heavy atom. The second-order valence-corrected chi connectivity index (χ2v) is 6.51. The largest absolute Gasteiger partial charge is 0.396 e. The summed E-state index contributed by atoms with van der Waals surface area (Å²) in [5, 5.41) is 12.4. The van der Waals surface area contributed by atoms with Gasteiger partial charge < -0.3 is 10.4 Å². The molecule has 0 unspecified atom stereocenters. The molecule has 1 aliphatic carbocycles. The number of carbonyl (C=O) groups excluding carboxylic acids is 1. The van der Waals surface area contributed by atoms with Crippen LogP contribution < -0.4 is 5.32 Å². The minimum absolute atomic E-state index is 0.0439. The van der Waals surface area contributed by atoms with Crippen molar-refractivity contribution in [2.75, 3.05) is 13.2 Å². The van der Waals surface area contributed by atoms with Crippen LogP contribution in [0, 0.1) is 5.41 Å². The fourth-order valence-electron chi connectivity index (χ4n) is 2.91. The highest BCUT2D eigenvalue weighted by Gasteiger charge is 2.42. The molecule has 0 atom stereocenters. The molecule has 0 saturated heterocycles. The first-order valence-corrected chi connectivity index (χ1v) is 8.20. The fraction of sp³-hybridized carbons (Fsp3) is 0.350. The third kappa shape index (κ3) is 3.99. The first-order chi connectivity index (χ1) is 11.2. The summed E-state index contributed by atoms with van der Waals surface area (Å²) in [4.78, 5) is 12.4. The van der Waals surface area contributed by atoms with E-state index < -0.39 is 0 Å². The lowest BCUT2D eigenvalue weighted by molar-refractivity contribution is -0.121. The lowest BCUT2D eigenvalue weighted by atomic mass is 9.88. The topological polar surface area (TPSA) is 49.3 Å². The number of benzene rings is 2. The van der Waals surface area contributed by atoms with Crippen LogP contribution in [0.1, 0.15) is 36.3 Å². The molecule has 0 aliphatic heterocycles. The highest BCUT2D eigenvalue weighted by molar-refractivity contribution is 5.77. The van der Waals surface area contributed by atoms with E-state index in [9.17, 15) is 9.90 Å². The summed E-state index contributed by atoms with van der Waals surface area (Å²) in [7, 11) is 0. The van der Waals surface area contributed by atoms with E-state index in [1.54, 1.807) is 0 Å². The number of hydrogen-bond acceptors (Lipinski definition) is 2. The Hall–Kier alpha value is -2.13. The SMILES string of the molecule is O=C(CC(c1ccccc1)c1ccccc1)NCC1(CO)CC1. The summed E-state index contributed by atoms with van der Waals surface area (Å²) in [5.41, 5.74) is 2.25. The van der Waals surface area contributed by atoms with Gasteiger partial charge in [-0.3, -0.25) is 4.79 Å². The van der Waals surface area contributed by atoms with Gasteiger partial charge in [-0.25, -0.2) is 0 Å². The summed E-state index contributed by atoms with van der Waals surface area (Å²) in [6, 6.07) is 20.3. The molecule has 1 amide bonds. The number of nitrogens with one attached hydrogen (secondary N) is 1. The minimum Gasteiger partial charge on any atom is -0.396 e. The Kier molecular flexibility index (Phi) is 4.77. The molecule has 2 aromatic carbocycles. The zero-order valence-electron chi connectivity index (χ0n) is 13.2. The number of aliphatic hydroxyl groups excluding tert-OH is 1. The third-order valence-corrected chi connectivity index (χ3v) is 4.75. The molecule has 23 heavy (non-hydrogen) atoms. The summed E-state index contributed by atoms with van der Waals surface area (Å²) in [6.45, 7) is 0.743. The molecule has 1 fully saturated rings. The number of amides is 1. The maximum atomic E-state index is 12.4. The van der Waals surface area contributed by atoms with Gasteiger partial charge in [-0.2, -0.15) is 0 Å². The van der Waals surface area contributed by atoms with Crippen LogP contribution in [0.25, 0.3) is 0 Å². The van der Waals surface area contributed by atoms with Crippen molar-refractivity contribution in [3.63, 3.8) is 0 Å². The highest BCUT2D eigenvalue weighted by Crippen LogP contribution is 2.44. The van der Waals surface area contributed by atoms with Crippen LogP contribution in [0.5, 0.6) is 0 Å². The maximum Gasteiger partial charge on any atom is 0.220 e. The third-order valence-electron chi connectivity index (χ3n) is 4.75. The number of hydrogen-bond donors (Lipinski definition) is 2. The predicted octanol–water partition coefficient (Wildman–Crippen LogP) is 3.10. The number of carbonyl (C=O) groups is 1. The molecule has 2 N–H and O–H groups in total. The molecule has 2 aromatic rings.